The van der Waals surface area contributed by atoms with E-state index in [9.17, 15) is 4.79 Å². The van der Waals surface area contributed by atoms with Crippen molar-refractivity contribution in [3.05, 3.63) is 34.9 Å². The van der Waals surface area contributed by atoms with Crippen LogP contribution in [0.3, 0.4) is 0 Å². The van der Waals surface area contributed by atoms with Gasteiger partial charge in [0, 0.05) is 15.9 Å². The van der Waals surface area contributed by atoms with E-state index in [4.69, 9.17) is 11.6 Å². The third kappa shape index (κ3) is 3.99. The fourth-order valence-electron chi connectivity index (χ4n) is 2.34. The van der Waals surface area contributed by atoms with Crippen LogP contribution >= 0.6 is 27.5 Å². The van der Waals surface area contributed by atoms with Crippen LogP contribution in [0.15, 0.2) is 24.3 Å². The van der Waals surface area contributed by atoms with Crippen LogP contribution in [0.4, 0.5) is 0 Å². The first kappa shape index (κ1) is 13.9. The van der Waals surface area contributed by atoms with Crippen LogP contribution in [0.1, 0.15) is 31.2 Å². The van der Waals surface area contributed by atoms with Gasteiger partial charge in [-0.05, 0) is 30.5 Å². The molecule has 0 heterocycles. The summed E-state index contributed by atoms with van der Waals surface area (Å²) < 4.78 is 0. The van der Waals surface area contributed by atoms with E-state index in [1.807, 2.05) is 24.3 Å². The number of alkyl halides is 1. The highest BCUT2D eigenvalue weighted by molar-refractivity contribution is 9.09. The molecule has 1 aromatic carbocycles. The molecule has 2 atom stereocenters. The summed E-state index contributed by atoms with van der Waals surface area (Å²) in [5, 5.41) is 3.78. The van der Waals surface area contributed by atoms with Gasteiger partial charge in [0.15, 0.2) is 0 Å². The normalized spacial score (nSPS) is 23.7. The highest BCUT2D eigenvalue weighted by Gasteiger charge is 2.23. The fraction of sp³-hybridized carbons (Fsp3) is 0.500. The molecule has 0 aromatic heterocycles. The number of rotatable bonds is 3. The second-order valence-corrected chi connectivity index (χ2v) is 6.39. The van der Waals surface area contributed by atoms with Gasteiger partial charge >= 0.3 is 0 Å². The maximum atomic E-state index is 12.0. The number of nitrogens with one attached hydrogen (secondary N) is 1. The molecule has 0 spiro atoms. The lowest BCUT2D eigenvalue weighted by Gasteiger charge is -2.28. The molecule has 98 valence electrons. The Hall–Kier alpha value is -0.540. The lowest BCUT2D eigenvalue weighted by Crippen LogP contribution is -2.43. The SMILES string of the molecule is O=C(Cc1cccc(Cl)c1)NC1CCCCC1Br. The van der Waals surface area contributed by atoms with Crippen LogP contribution < -0.4 is 5.32 Å². The van der Waals surface area contributed by atoms with Crippen molar-refractivity contribution in [1.29, 1.82) is 0 Å². The summed E-state index contributed by atoms with van der Waals surface area (Å²) in [6.45, 7) is 0. The molecule has 1 N–H and O–H groups in total. The van der Waals surface area contributed by atoms with E-state index in [0.29, 0.717) is 16.3 Å². The van der Waals surface area contributed by atoms with Gasteiger partial charge in [0.2, 0.25) is 5.91 Å². The average molecular weight is 331 g/mol. The number of hydrogen-bond donors (Lipinski definition) is 1. The van der Waals surface area contributed by atoms with E-state index in [1.165, 1.54) is 12.8 Å². The summed E-state index contributed by atoms with van der Waals surface area (Å²) in [4.78, 5) is 12.4. The van der Waals surface area contributed by atoms with Crippen LogP contribution in [-0.4, -0.2) is 16.8 Å². The summed E-state index contributed by atoms with van der Waals surface area (Å²) in [5.74, 6) is 0.0774. The van der Waals surface area contributed by atoms with E-state index in [-0.39, 0.29) is 11.9 Å². The Bertz CT molecular complexity index is 424. The minimum atomic E-state index is 0.0774. The van der Waals surface area contributed by atoms with Crippen molar-refractivity contribution in [3.8, 4) is 0 Å². The number of benzene rings is 1. The molecule has 2 unspecified atom stereocenters. The fourth-order valence-corrected chi connectivity index (χ4v) is 3.27. The first-order valence-corrected chi connectivity index (χ1v) is 7.62. The second kappa shape index (κ2) is 6.58. The van der Waals surface area contributed by atoms with Crippen molar-refractivity contribution >= 4 is 33.4 Å². The van der Waals surface area contributed by atoms with Crippen LogP contribution in [0.2, 0.25) is 5.02 Å². The summed E-state index contributed by atoms with van der Waals surface area (Å²) in [6, 6.07) is 7.73. The Morgan fingerprint density at radius 1 is 1.39 bits per heavy atom. The van der Waals surface area contributed by atoms with Crippen molar-refractivity contribution in [1.82, 2.24) is 5.32 Å². The number of carbonyl (C=O) groups is 1. The molecule has 1 fully saturated rings. The molecule has 1 saturated carbocycles. The van der Waals surface area contributed by atoms with E-state index < -0.39 is 0 Å². The van der Waals surface area contributed by atoms with Crippen LogP contribution in [-0.2, 0) is 11.2 Å². The molecule has 1 aromatic rings. The van der Waals surface area contributed by atoms with Crippen molar-refractivity contribution < 1.29 is 4.79 Å². The molecular weight excluding hydrogens is 314 g/mol. The smallest absolute Gasteiger partial charge is 0.224 e. The van der Waals surface area contributed by atoms with E-state index in [1.54, 1.807) is 0 Å². The van der Waals surface area contributed by atoms with Gasteiger partial charge in [-0.15, -0.1) is 0 Å². The third-order valence-electron chi connectivity index (χ3n) is 3.28. The lowest BCUT2D eigenvalue weighted by atomic mass is 9.95. The van der Waals surface area contributed by atoms with Crippen molar-refractivity contribution in [2.45, 2.75) is 43.0 Å². The van der Waals surface area contributed by atoms with Gasteiger partial charge in [0.1, 0.15) is 0 Å². The average Bonchev–Trinajstić information content (AvgIpc) is 2.32. The second-order valence-electron chi connectivity index (χ2n) is 4.78. The van der Waals surface area contributed by atoms with Crippen molar-refractivity contribution in [2.24, 2.45) is 0 Å². The molecule has 2 rings (SSSR count). The Balaban J connectivity index is 1.88. The highest BCUT2D eigenvalue weighted by Crippen LogP contribution is 2.24. The standard InChI is InChI=1S/C14H17BrClNO/c15-12-6-1-2-7-13(12)17-14(18)9-10-4-3-5-11(16)8-10/h3-5,8,12-13H,1-2,6-7,9H2,(H,17,18). The van der Waals surface area contributed by atoms with Crippen molar-refractivity contribution in [2.75, 3.05) is 0 Å². The predicted molar refractivity (Wildman–Crippen MR) is 78.3 cm³/mol. The maximum Gasteiger partial charge on any atom is 0.224 e. The molecule has 4 heteroatoms. The zero-order valence-corrected chi connectivity index (χ0v) is 12.5. The van der Waals surface area contributed by atoms with Gasteiger partial charge in [-0.25, -0.2) is 0 Å². The van der Waals surface area contributed by atoms with Crippen LogP contribution in [0, 0.1) is 0 Å². The zero-order chi connectivity index (χ0) is 13.0. The molecule has 1 aliphatic rings. The van der Waals surface area contributed by atoms with Crippen LogP contribution in [0.5, 0.6) is 0 Å². The first-order valence-electron chi connectivity index (χ1n) is 6.33. The van der Waals surface area contributed by atoms with Crippen LogP contribution in [0.25, 0.3) is 0 Å². The van der Waals surface area contributed by atoms with Gasteiger partial charge < -0.3 is 5.32 Å². The molecule has 1 amide bonds. The zero-order valence-electron chi connectivity index (χ0n) is 10.2. The van der Waals surface area contributed by atoms with E-state index >= 15 is 0 Å². The summed E-state index contributed by atoms with van der Waals surface area (Å²) in [5.41, 5.74) is 0.960. The number of halogens is 2. The summed E-state index contributed by atoms with van der Waals surface area (Å²) >= 11 is 9.55. The van der Waals surface area contributed by atoms with Gasteiger partial charge in [-0.1, -0.05) is 52.5 Å². The third-order valence-corrected chi connectivity index (χ3v) is 4.61. The Morgan fingerprint density at radius 3 is 2.89 bits per heavy atom. The monoisotopic (exact) mass is 329 g/mol. The maximum absolute atomic E-state index is 12.0. The Morgan fingerprint density at radius 2 is 2.17 bits per heavy atom. The molecule has 0 bridgehead atoms. The topological polar surface area (TPSA) is 29.1 Å². The molecule has 1 aliphatic carbocycles. The molecule has 0 saturated heterocycles. The largest absolute Gasteiger partial charge is 0.352 e. The lowest BCUT2D eigenvalue weighted by molar-refractivity contribution is -0.121. The van der Waals surface area contributed by atoms with Gasteiger partial charge in [-0.2, -0.15) is 0 Å². The van der Waals surface area contributed by atoms with E-state index in [0.717, 1.165) is 18.4 Å². The predicted octanol–water partition coefficient (Wildman–Crippen LogP) is 3.70. The summed E-state index contributed by atoms with van der Waals surface area (Å²) in [7, 11) is 0. The van der Waals surface area contributed by atoms with Gasteiger partial charge in [0.25, 0.3) is 0 Å². The Kier molecular flexibility index (Phi) is 5.07. The van der Waals surface area contributed by atoms with Crippen molar-refractivity contribution in [3.63, 3.8) is 0 Å². The minimum Gasteiger partial charge on any atom is -0.352 e. The molecule has 18 heavy (non-hydrogen) atoms. The highest BCUT2D eigenvalue weighted by atomic mass is 79.9. The first-order chi connectivity index (χ1) is 8.65. The minimum absolute atomic E-state index is 0.0774. The Labute approximate surface area is 121 Å². The number of hydrogen-bond acceptors (Lipinski definition) is 1. The van der Waals surface area contributed by atoms with Gasteiger partial charge in [-0.3, -0.25) is 4.79 Å². The summed E-state index contributed by atoms with van der Waals surface area (Å²) in [6.07, 6.45) is 5.05. The number of amides is 1. The quantitative estimate of drug-likeness (QED) is 0.841. The molecular formula is C14H17BrClNO. The molecule has 2 nitrogen and oxygen atoms in total. The van der Waals surface area contributed by atoms with E-state index in [2.05, 4.69) is 21.2 Å². The molecule has 0 radical (unpaired) electrons. The molecule has 0 aliphatic heterocycles. The van der Waals surface area contributed by atoms with Gasteiger partial charge in [0.05, 0.1) is 6.42 Å². The number of carbonyl (C=O) groups excluding carboxylic acids is 1.